The molecule has 1 aliphatic heterocycles. The summed E-state index contributed by atoms with van der Waals surface area (Å²) in [6, 6.07) is 16.6. The molecule has 0 saturated carbocycles. The normalized spacial score (nSPS) is 14.8. The first kappa shape index (κ1) is 19.9. The summed E-state index contributed by atoms with van der Waals surface area (Å²) in [6.07, 6.45) is 6.63. The lowest BCUT2D eigenvalue weighted by molar-refractivity contribution is 0.371. The van der Waals surface area contributed by atoms with Gasteiger partial charge in [0.1, 0.15) is 11.6 Å². The van der Waals surface area contributed by atoms with Crippen LogP contribution in [0.25, 0.3) is 0 Å². The number of guanidine groups is 1. The zero-order chi connectivity index (χ0) is 20.6. The second-order valence-electron chi connectivity index (χ2n) is 7.34. The number of imidazole rings is 1. The Bertz CT molecular complexity index is 928. The van der Waals surface area contributed by atoms with Gasteiger partial charge >= 0.3 is 0 Å². The highest BCUT2D eigenvalue weighted by molar-refractivity contribution is 5.80. The number of hydrogen-bond acceptors (Lipinski definition) is 4. The van der Waals surface area contributed by atoms with Gasteiger partial charge in [-0.3, -0.25) is 4.99 Å². The Kier molecular flexibility index (Phi) is 6.59. The highest BCUT2D eigenvalue weighted by Gasteiger charge is 2.20. The number of aliphatic imine (C=N–C) groups is 1. The first-order chi connectivity index (χ1) is 14.8. The molecule has 7 nitrogen and oxygen atoms in total. The number of pyridine rings is 1. The van der Waals surface area contributed by atoms with E-state index in [2.05, 4.69) is 65.0 Å². The Morgan fingerprint density at radius 1 is 0.967 bits per heavy atom. The standard InChI is InChI=1S/C23H29N7/c1-24-23(29-17-15-28(16-18-29)21-9-5-6-11-25-21)27-12-10-22-26-13-14-30(22)19-20-7-3-2-4-8-20/h2-9,11,13-14H,10,12,15-19H2,1H3,(H,24,27). The van der Waals surface area contributed by atoms with Crippen LogP contribution in [0, 0.1) is 0 Å². The summed E-state index contributed by atoms with van der Waals surface area (Å²) < 4.78 is 2.21. The maximum atomic E-state index is 4.55. The van der Waals surface area contributed by atoms with Gasteiger partial charge in [-0.25, -0.2) is 9.97 Å². The molecule has 0 unspecified atom stereocenters. The van der Waals surface area contributed by atoms with Crippen LogP contribution in [0.2, 0.25) is 0 Å². The van der Waals surface area contributed by atoms with Crippen LogP contribution in [0.3, 0.4) is 0 Å². The minimum Gasteiger partial charge on any atom is -0.356 e. The Labute approximate surface area is 178 Å². The van der Waals surface area contributed by atoms with E-state index in [1.54, 1.807) is 0 Å². The summed E-state index contributed by atoms with van der Waals surface area (Å²) in [5.74, 6) is 3.09. The molecule has 0 amide bonds. The molecule has 0 radical (unpaired) electrons. The lowest BCUT2D eigenvalue weighted by Gasteiger charge is -2.37. The molecule has 0 aliphatic carbocycles. The Morgan fingerprint density at radius 3 is 2.50 bits per heavy atom. The molecule has 1 fully saturated rings. The van der Waals surface area contributed by atoms with Crippen molar-refractivity contribution in [1.29, 1.82) is 0 Å². The number of piperazine rings is 1. The number of aromatic nitrogens is 3. The van der Waals surface area contributed by atoms with E-state index in [1.165, 1.54) is 5.56 Å². The van der Waals surface area contributed by atoms with Crippen LogP contribution in [-0.2, 0) is 13.0 Å². The average molecular weight is 404 g/mol. The maximum absolute atomic E-state index is 4.55. The van der Waals surface area contributed by atoms with Crippen LogP contribution < -0.4 is 10.2 Å². The highest BCUT2D eigenvalue weighted by Crippen LogP contribution is 2.12. The molecule has 1 saturated heterocycles. The van der Waals surface area contributed by atoms with Gasteiger partial charge in [0.05, 0.1) is 0 Å². The van der Waals surface area contributed by atoms with Gasteiger partial charge in [-0.1, -0.05) is 36.4 Å². The minimum absolute atomic E-state index is 0.804. The Balaban J connectivity index is 1.26. The molecule has 4 rings (SSSR count). The smallest absolute Gasteiger partial charge is 0.193 e. The molecular formula is C23H29N7. The molecule has 7 heteroatoms. The summed E-state index contributed by atoms with van der Waals surface area (Å²) in [7, 11) is 1.85. The number of anilines is 1. The second-order valence-corrected chi connectivity index (χ2v) is 7.34. The molecule has 1 N–H and O–H groups in total. The third-order valence-corrected chi connectivity index (χ3v) is 5.39. The van der Waals surface area contributed by atoms with Crippen molar-refractivity contribution in [2.75, 3.05) is 44.7 Å². The second kappa shape index (κ2) is 9.91. The number of nitrogens with zero attached hydrogens (tertiary/aromatic N) is 6. The van der Waals surface area contributed by atoms with Crippen molar-refractivity contribution in [3.05, 3.63) is 78.5 Å². The molecule has 0 atom stereocenters. The predicted molar refractivity (Wildman–Crippen MR) is 121 cm³/mol. The van der Waals surface area contributed by atoms with Gasteiger partial charge in [-0.05, 0) is 17.7 Å². The van der Waals surface area contributed by atoms with E-state index in [4.69, 9.17) is 0 Å². The zero-order valence-corrected chi connectivity index (χ0v) is 17.5. The molecular weight excluding hydrogens is 374 g/mol. The van der Waals surface area contributed by atoms with Crippen molar-refractivity contribution in [2.45, 2.75) is 13.0 Å². The van der Waals surface area contributed by atoms with E-state index in [9.17, 15) is 0 Å². The van der Waals surface area contributed by atoms with Crippen LogP contribution in [0.15, 0.2) is 72.1 Å². The van der Waals surface area contributed by atoms with E-state index in [0.717, 1.165) is 63.3 Å². The Hall–Kier alpha value is -3.35. The minimum atomic E-state index is 0.804. The Morgan fingerprint density at radius 2 is 1.77 bits per heavy atom. The summed E-state index contributed by atoms with van der Waals surface area (Å²) in [5.41, 5.74) is 1.28. The highest BCUT2D eigenvalue weighted by atomic mass is 15.4. The molecule has 2 aromatic heterocycles. The number of nitrogens with one attached hydrogen (secondary N) is 1. The van der Waals surface area contributed by atoms with Gasteiger partial charge < -0.3 is 19.7 Å². The van der Waals surface area contributed by atoms with E-state index in [0.29, 0.717) is 0 Å². The fourth-order valence-electron chi connectivity index (χ4n) is 3.80. The van der Waals surface area contributed by atoms with Crippen LogP contribution in [0.5, 0.6) is 0 Å². The van der Waals surface area contributed by atoms with Crippen molar-refractivity contribution >= 4 is 11.8 Å². The monoisotopic (exact) mass is 403 g/mol. The van der Waals surface area contributed by atoms with Gasteiger partial charge in [0, 0.05) is 71.3 Å². The lowest BCUT2D eigenvalue weighted by Crippen LogP contribution is -2.53. The van der Waals surface area contributed by atoms with E-state index < -0.39 is 0 Å². The predicted octanol–water partition coefficient (Wildman–Crippen LogP) is 2.27. The van der Waals surface area contributed by atoms with Crippen molar-refractivity contribution in [3.63, 3.8) is 0 Å². The van der Waals surface area contributed by atoms with E-state index in [1.807, 2.05) is 43.8 Å². The molecule has 3 heterocycles. The third kappa shape index (κ3) is 4.97. The summed E-state index contributed by atoms with van der Waals surface area (Å²) >= 11 is 0. The molecule has 1 aromatic carbocycles. The van der Waals surface area contributed by atoms with Gasteiger partial charge in [0.2, 0.25) is 0 Å². The van der Waals surface area contributed by atoms with Gasteiger partial charge in [0.25, 0.3) is 0 Å². The van der Waals surface area contributed by atoms with Crippen LogP contribution >= 0.6 is 0 Å². The summed E-state index contributed by atoms with van der Waals surface area (Å²) in [5, 5.41) is 3.51. The number of rotatable bonds is 6. The van der Waals surface area contributed by atoms with E-state index in [-0.39, 0.29) is 0 Å². The molecule has 3 aromatic rings. The van der Waals surface area contributed by atoms with Gasteiger partial charge in [-0.15, -0.1) is 0 Å². The van der Waals surface area contributed by atoms with Crippen molar-refractivity contribution in [2.24, 2.45) is 4.99 Å². The summed E-state index contributed by atoms with van der Waals surface area (Å²) in [4.78, 5) is 18.1. The lowest BCUT2D eigenvalue weighted by atomic mass is 10.2. The van der Waals surface area contributed by atoms with Gasteiger partial charge in [0.15, 0.2) is 5.96 Å². The zero-order valence-electron chi connectivity index (χ0n) is 17.5. The van der Waals surface area contributed by atoms with Crippen molar-refractivity contribution < 1.29 is 0 Å². The maximum Gasteiger partial charge on any atom is 0.193 e. The molecule has 156 valence electrons. The topological polar surface area (TPSA) is 61.6 Å². The molecule has 1 aliphatic rings. The number of benzene rings is 1. The fourth-order valence-corrected chi connectivity index (χ4v) is 3.80. The van der Waals surface area contributed by atoms with Crippen molar-refractivity contribution in [3.8, 4) is 0 Å². The largest absolute Gasteiger partial charge is 0.356 e. The first-order valence-corrected chi connectivity index (χ1v) is 10.5. The summed E-state index contributed by atoms with van der Waals surface area (Å²) in [6.45, 7) is 5.40. The fraction of sp³-hybridized carbons (Fsp3) is 0.348. The number of hydrogen-bond donors (Lipinski definition) is 1. The molecule has 30 heavy (non-hydrogen) atoms. The molecule has 0 spiro atoms. The average Bonchev–Trinajstić information content (AvgIpc) is 3.25. The first-order valence-electron chi connectivity index (χ1n) is 10.5. The van der Waals surface area contributed by atoms with Crippen LogP contribution in [0.4, 0.5) is 5.82 Å². The quantitative estimate of drug-likeness (QED) is 0.505. The van der Waals surface area contributed by atoms with Gasteiger partial charge in [-0.2, -0.15) is 0 Å². The van der Waals surface area contributed by atoms with Crippen LogP contribution in [-0.4, -0.2) is 65.2 Å². The van der Waals surface area contributed by atoms with Crippen LogP contribution in [0.1, 0.15) is 11.4 Å². The van der Waals surface area contributed by atoms with Crippen molar-refractivity contribution in [1.82, 2.24) is 24.8 Å². The SMILES string of the molecule is CN=C(NCCc1nccn1Cc1ccccc1)N1CCN(c2ccccn2)CC1. The third-order valence-electron chi connectivity index (χ3n) is 5.39. The van der Waals surface area contributed by atoms with E-state index >= 15 is 0 Å². The molecule has 0 bridgehead atoms.